The van der Waals surface area contributed by atoms with Crippen LogP contribution in [0.2, 0.25) is 0 Å². The van der Waals surface area contributed by atoms with Crippen LogP contribution in [0, 0.1) is 6.92 Å². The van der Waals surface area contributed by atoms with Crippen LogP contribution in [0.1, 0.15) is 31.2 Å². The van der Waals surface area contributed by atoms with E-state index in [1.165, 1.54) is 0 Å². The maximum atomic E-state index is 12.4. The van der Waals surface area contributed by atoms with E-state index in [0.29, 0.717) is 26.2 Å². The van der Waals surface area contributed by atoms with Gasteiger partial charge in [-0.05, 0) is 25.5 Å². The lowest BCUT2D eigenvalue weighted by atomic mass is 10.1. The first kappa shape index (κ1) is 17.5. The first-order valence-corrected chi connectivity index (χ1v) is 8.72. The van der Waals surface area contributed by atoms with Crippen molar-refractivity contribution in [1.82, 2.24) is 15.1 Å². The maximum absolute atomic E-state index is 12.4. The molecule has 134 valence electrons. The number of amides is 2. The number of aryl methyl sites for hydroxylation is 1. The van der Waals surface area contributed by atoms with Crippen molar-refractivity contribution >= 4 is 22.8 Å². The van der Waals surface area contributed by atoms with Gasteiger partial charge in [0.25, 0.3) is 0 Å². The SMILES string of the molecule is CC(=O)N1CCN(C(=O)CN[C@@H](C)c2oc3ccccc3c2C)CC1. The minimum atomic E-state index is -0.0464. The second-order valence-electron chi connectivity index (χ2n) is 6.58. The largest absolute Gasteiger partial charge is 0.459 e. The molecule has 1 fully saturated rings. The minimum absolute atomic E-state index is 0.0464. The first-order valence-electron chi connectivity index (χ1n) is 8.72. The number of hydrogen-bond donors (Lipinski definition) is 1. The number of carbonyl (C=O) groups is 2. The molecular formula is C19H25N3O3. The van der Waals surface area contributed by atoms with E-state index < -0.39 is 0 Å². The number of furan rings is 1. The monoisotopic (exact) mass is 343 g/mol. The van der Waals surface area contributed by atoms with Gasteiger partial charge in [0.1, 0.15) is 11.3 Å². The van der Waals surface area contributed by atoms with Gasteiger partial charge in [-0.3, -0.25) is 14.9 Å². The Hall–Kier alpha value is -2.34. The highest BCUT2D eigenvalue weighted by molar-refractivity contribution is 5.82. The topological polar surface area (TPSA) is 65.8 Å². The smallest absolute Gasteiger partial charge is 0.236 e. The Labute approximate surface area is 147 Å². The minimum Gasteiger partial charge on any atom is -0.459 e. The van der Waals surface area contributed by atoms with Crippen molar-refractivity contribution < 1.29 is 14.0 Å². The predicted molar refractivity (Wildman–Crippen MR) is 96.2 cm³/mol. The molecule has 6 nitrogen and oxygen atoms in total. The van der Waals surface area contributed by atoms with E-state index in [0.717, 1.165) is 22.3 Å². The molecule has 1 saturated heterocycles. The number of carbonyl (C=O) groups excluding carboxylic acids is 2. The summed E-state index contributed by atoms with van der Waals surface area (Å²) in [5.74, 6) is 0.999. The van der Waals surface area contributed by atoms with E-state index in [2.05, 4.69) is 5.32 Å². The molecule has 6 heteroatoms. The molecule has 25 heavy (non-hydrogen) atoms. The second-order valence-corrected chi connectivity index (χ2v) is 6.58. The second kappa shape index (κ2) is 7.27. The van der Waals surface area contributed by atoms with Gasteiger partial charge in [0.05, 0.1) is 12.6 Å². The van der Waals surface area contributed by atoms with Crippen LogP contribution in [-0.2, 0) is 9.59 Å². The number of para-hydroxylation sites is 1. The summed E-state index contributed by atoms with van der Waals surface area (Å²) in [6, 6.07) is 7.91. The molecule has 2 amide bonds. The molecule has 1 aliphatic rings. The molecule has 0 saturated carbocycles. The first-order chi connectivity index (χ1) is 12.0. The van der Waals surface area contributed by atoms with Crippen LogP contribution >= 0.6 is 0 Å². The third kappa shape index (κ3) is 3.69. The number of rotatable bonds is 4. The Bertz CT molecular complexity index is 775. The molecule has 1 atom stereocenters. The molecule has 0 unspecified atom stereocenters. The fourth-order valence-electron chi connectivity index (χ4n) is 3.32. The number of hydrogen-bond acceptors (Lipinski definition) is 4. The fourth-order valence-corrected chi connectivity index (χ4v) is 3.32. The summed E-state index contributed by atoms with van der Waals surface area (Å²) in [6.07, 6.45) is 0. The molecule has 1 aromatic heterocycles. The van der Waals surface area contributed by atoms with Crippen molar-refractivity contribution in [2.75, 3.05) is 32.7 Å². The van der Waals surface area contributed by atoms with Crippen LogP contribution < -0.4 is 5.32 Å². The molecule has 1 N–H and O–H groups in total. The summed E-state index contributed by atoms with van der Waals surface area (Å²) in [5, 5.41) is 4.38. The van der Waals surface area contributed by atoms with Crippen molar-refractivity contribution in [2.45, 2.75) is 26.8 Å². The highest BCUT2D eigenvalue weighted by atomic mass is 16.3. The van der Waals surface area contributed by atoms with Gasteiger partial charge in [-0.15, -0.1) is 0 Å². The molecule has 0 spiro atoms. The Balaban J connectivity index is 1.56. The molecule has 1 aromatic carbocycles. The molecule has 0 bridgehead atoms. The molecular weight excluding hydrogens is 318 g/mol. The van der Waals surface area contributed by atoms with Crippen LogP contribution in [0.25, 0.3) is 11.0 Å². The lowest BCUT2D eigenvalue weighted by molar-refractivity contribution is -0.137. The quantitative estimate of drug-likeness (QED) is 0.923. The van der Waals surface area contributed by atoms with Crippen LogP contribution in [0.15, 0.2) is 28.7 Å². The summed E-state index contributed by atoms with van der Waals surface area (Å²) in [7, 11) is 0. The van der Waals surface area contributed by atoms with E-state index in [4.69, 9.17) is 4.42 Å². The van der Waals surface area contributed by atoms with Crippen molar-refractivity contribution in [3.63, 3.8) is 0 Å². The van der Waals surface area contributed by atoms with Crippen LogP contribution in [-0.4, -0.2) is 54.3 Å². The van der Waals surface area contributed by atoms with Gasteiger partial charge in [0.15, 0.2) is 0 Å². The summed E-state index contributed by atoms with van der Waals surface area (Å²) >= 11 is 0. The van der Waals surface area contributed by atoms with Crippen molar-refractivity contribution in [3.8, 4) is 0 Å². The van der Waals surface area contributed by atoms with E-state index in [-0.39, 0.29) is 24.4 Å². The normalized spacial score (nSPS) is 16.3. The average molecular weight is 343 g/mol. The van der Waals surface area contributed by atoms with Gasteiger partial charge in [0.2, 0.25) is 11.8 Å². The Kier molecular flexibility index (Phi) is 5.08. The molecule has 0 radical (unpaired) electrons. The highest BCUT2D eigenvalue weighted by Crippen LogP contribution is 2.28. The summed E-state index contributed by atoms with van der Waals surface area (Å²) < 4.78 is 5.95. The number of nitrogens with zero attached hydrogens (tertiary/aromatic N) is 2. The molecule has 3 rings (SSSR count). The van der Waals surface area contributed by atoms with E-state index in [9.17, 15) is 9.59 Å². The summed E-state index contributed by atoms with van der Waals surface area (Å²) in [6.45, 7) is 8.29. The maximum Gasteiger partial charge on any atom is 0.236 e. The molecule has 0 aliphatic carbocycles. The van der Waals surface area contributed by atoms with Gasteiger partial charge >= 0.3 is 0 Å². The van der Waals surface area contributed by atoms with Crippen LogP contribution in [0.5, 0.6) is 0 Å². The molecule has 1 aliphatic heterocycles. The Morgan fingerprint density at radius 2 is 1.80 bits per heavy atom. The number of benzene rings is 1. The highest BCUT2D eigenvalue weighted by Gasteiger charge is 2.23. The Morgan fingerprint density at radius 1 is 1.16 bits per heavy atom. The third-order valence-electron chi connectivity index (χ3n) is 4.91. The molecule has 2 aromatic rings. The van der Waals surface area contributed by atoms with Gasteiger partial charge in [-0.1, -0.05) is 18.2 Å². The Morgan fingerprint density at radius 3 is 2.44 bits per heavy atom. The zero-order valence-electron chi connectivity index (χ0n) is 15.0. The van der Waals surface area contributed by atoms with Crippen molar-refractivity contribution in [2.24, 2.45) is 0 Å². The van der Waals surface area contributed by atoms with Crippen molar-refractivity contribution in [3.05, 3.63) is 35.6 Å². The van der Waals surface area contributed by atoms with E-state index >= 15 is 0 Å². The predicted octanol–water partition coefficient (Wildman–Crippen LogP) is 2.08. The third-order valence-corrected chi connectivity index (χ3v) is 4.91. The zero-order chi connectivity index (χ0) is 18.0. The van der Waals surface area contributed by atoms with Crippen molar-refractivity contribution in [1.29, 1.82) is 0 Å². The summed E-state index contributed by atoms with van der Waals surface area (Å²) in [4.78, 5) is 27.3. The van der Waals surface area contributed by atoms with Gasteiger partial charge in [-0.25, -0.2) is 0 Å². The standard InChI is InChI=1S/C19H25N3O3/c1-13-16-6-4-5-7-17(16)25-19(13)14(2)20-12-18(24)22-10-8-21(9-11-22)15(3)23/h4-7,14,20H,8-12H2,1-3H3/t14-/m0/s1. The van der Waals surface area contributed by atoms with Gasteiger partial charge < -0.3 is 14.2 Å². The van der Waals surface area contributed by atoms with Crippen LogP contribution in [0.4, 0.5) is 0 Å². The van der Waals surface area contributed by atoms with E-state index in [1.807, 2.05) is 43.0 Å². The molecule has 2 heterocycles. The van der Waals surface area contributed by atoms with Crippen LogP contribution in [0.3, 0.4) is 0 Å². The average Bonchev–Trinajstić information content (AvgIpc) is 2.96. The van der Waals surface area contributed by atoms with Gasteiger partial charge in [0, 0.05) is 38.5 Å². The number of fused-ring (bicyclic) bond motifs is 1. The van der Waals surface area contributed by atoms with Gasteiger partial charge in [-0.2, -0.15) is 0 Å². The fraction of sp³-hybridized carbons (Fsp3) is 0.474. The number of nitrogens with one attached hydrogen (secondary N) is 1. The summed E-state index contributed by atoms with van der Waals surface area (Å²) in [5.41, 5.74) is 1.98. The number of piperazine rings is 1. The lowest BCUT2D eigenvalue weighted by Gasteiger charge is -2.34. The van der Waals surface area contributed by atoms with E-state index in [1.54, 1.807) is 11.8 Å². The lowest BCUT2D eigenvalue weighted by Crippen LogP contribution is -2.51. The zero-order valence-corrected chi connectivity index (χ0v) is 15.0.